The molecule has 1 heterocycles. The molecule has 12 rings (SSSR count). The summed E-state index contributed by atoms with van der Waals surface area (Å²) in [5.74, 6) is 1.76. The van der Waals surface area contributed by atoms with E-state index in [2.05, 4.69) is 248 Å². The van der Waals surface area contributed by atoms with Gasteiger partial charge in [-0.05, 0) is 124 Å². The Balaban J connectivity index is 1.10. The van der Waals surface area contributed by atoms with E-state index in [1.807, 2.05) is 0 Å². The third-order valence-electron chi connectivity index (χ3n) is 14.8. The van der Waals surface area contributed by atoms with Gasteiger partial charge in [0.05, 0.1) is 10.8 Å². The Morgan fingerprint density at radius 3 is 1.25 bits per heavy atom. The minimum atomic E-state index is -0.607. The van der Waals surface area contributed by atoms with Crippen LogP contribution in [0.5, 0.6) is 11.5 Å². The largest absolute Gasteiger partial charge is 0.457 e. The van der Waals surface area contributed by atoms with Crippen molar-refractivity contribution in [3.8, 4) is 56.0 Å². The molecule has 314 valence electrons. The van der Waals surface area contributed by atoms with Crippen LogP contribution in [0, 0.1) is 0 Å². The average Bonchev–Trinajstić information content (AvgIpc) is 3.79. The first-order valence-electron chi connectivity index (χ1n) is 23.2. The molecule has 0 saturated heterocycles. The lowest BCUT2D eigenvalue weighted by molar-refractivity contribution is 0.434. The van der Waals surface area contributed by atoms with Gasteiger partial charge in [0.1, 0.15) is 11.5 Å². The zero-order valence-corrected chi connectivity index (χ0v) is 38.0. The molecule has 65 heavy (non-hydrogen) atoms. The highest BCUT2D eigenvalue weighted by molar-refractivity contribution is 5.97. The fourth-order valence-corrected chi connectivity index (χ4v) is 11.6. The van der Waals surface area contributed by atoms with Gasteiger partial charge in [-0.15, -0.1) is 0 Å². The molecule has 1 aliphatic heterocycles. The molecule has 0 radical (unpaired) electrons. The Hall–Kier alpha value is -7.22. The van der Waals surface area contributed by atoms with Gasteiger partial charge in [-0.2, -0.15) is 0 Å². The lowest BCUT2D eigenvalue weighted by atomic mass is 9.63. The third-order valence-corrected chi connectivity index (χ3v) is 14.8. The molecule has 1 nitrogen and oxygen atoms in total. The normalized spacial score (nSPS) is 14.7. The van der Waals surface area contributed by atoms with Crippen LogP contribution in [-0.2, 0) is 21.7 Å². The molecule has 0 fully saturated rings. The molecule has 0 atom stereocenters. The first-order chi connectivity index (χ1) is 31.5. The van der Waals surface area contributed by atoms with Crippen LogP contribution in [0.4, 0.5) is 0 Å². The Labute approximate surface area is 384 Å². The van der Waals surface area contributed by atoms with Gasteiger partial charge in [0, 0.05) is 11.1 Å². The molecule has 2 aliphatic carbocycles. The average molecular weight is 837 g/mol. The molecular weight excluding hydrogens is 785 g/mol. The van der Waals surface area contributed by atoms with Crippen LogP contribution in [-0.4, -0.2) is 0 Å². The molecule has 1 heteroatoms. The molecule has 0 saturated carbocycles. The lowest BCUT2D eigenvalue weighted by Crippen LogP contribution is -2.34. The maximum Gasteiger partial charge on any atom is 0.132 e. The van der Waals surface area contributed by atoms with E-state index < -0.39 is 10.8 Å². The molecule has 0 bridgehead atoms. The standard InChI is InChI=1S/C64H52O/c1-61(2,3)45-31-34-51-52-35-32-46(62(4,5)6)40-57(52)64(56(51)39-45)53-26-16-15-25-49(53)50-33-29-41(37-55(50)64)47-23-13-14-24-48(47)42-30-36-60-58(38-42)63(43-19-9-7-10-20-43,44-21-11-8-12-22-44)54-27-17-18-28-59(54)65-60/h7-40H,1-6H3. The predicted octanol–water partition coefficient (Wildman–Crippen LogP) is 16.4. The van der Waals surface area contributed by atoms with E-state index in [9.17, 15) is 0 Å². The number of benzene rings is 9. The van der Waals surface area contributed by atoms with E-state index in [4.69, 9.17) is 4.74 Å². The number of rotatable bonds is 4. The van der Waals surface area contributed by atoms with Crippen molar-refractivity contribution in [2.75, 3.05) is 0 Å². The monoisotopic (exact) mass is 836 g/mol. The molecule has 0 unspecified atom stereocenters. The highest BCUT2D eigenvalue weighted by atomic mass is 16.5. The zero-order valence-electron chi connectivity index (χ0n) is 38.0. The Bertz CT molecular complexity index is 3250. The minimum absolute atomic E-state index is 0.0100. The topological polar surface area (TPSA) is 9.23 Å². The van der Waals surface area contributed by atoms with Crippen LogP contribution in [0.1, 0.15) is 97.2 Å². The Kier molecular flexibility index (Phi) is 8.57. The van der Waals surface area contributed by atoms with E-state index in [1.165, 1.54) is 83.5 Å². The Morgan fingerprint density at radius 2 is 0.692 bits per heavy atom. The van der Waals surface area contributed by atoms with Crippen molar-refractivity contribution in [2.24, 2.45) is 0 Å². The molecule has 1 spiro atoms. The number of hydrogen-bond donors (Lipinski definition) is 0. The molecule has 0 aromatic heterocycles. The van der Waals surface area contributed by atoms with Gasteiger partial charge in [0.2, 0.25) is 0 Å². The van der Waals surface area contributed by atoms with Crippen LogP contribution in [0.2, 0.25) is 0 Å². The summed E-state index contributed by atoms with van der Waals surface area (Å²) in [5, 5.41) is 0. The summed E-state index contributed by atoms with van der Waals surface area (Å²) < 4.78 is 6.83. The van der Waals surface area contributed by atoms with Crippen LogP contribution in [0.15, 0.2) is 206 Å². The number of hydrogen-bond acceptors (Lipinski definition) is 1. The van der Waals surface area contributed by atoms with Crippen LogP contribution < -0.4 is 4.74 Å². The number of fused-ring (bicyclic) bond motifs is 12. The first-order valence-corrected chi connectivity index (χ1v) is 23.2. The van der Waals surface area contributed by atoms with Crippen molar-refractivity contribution in [3.05, 3.63) is 262 Å². The van der Waals surface area contributed by atoms with E-state index in [-0.39, 0.29) is 10.8 Å². The quantitative estimate of drug-likeness (QED) is 0.172. The lowest BCUT2D eigenvalue weighted by Gasteiger charge is -2.41. The summed E-state index contributed by atoms with van der Waals surface area (Å²) in [5.41, 5.74) is 21.8. The number of para-hydroxylation sites is 1. The highest BCUT2D eigenvalue weighted by Gasteiger charge is 2.52. The maximum absolute atomic E-state index is 6.83. The molecule has 3 aliphatic rings. The summed E-state index contributed by atoms with van der Waals surface area (Å²) in [6.45, 7) is 14.0. The summed E-state index contributed by atoms with van der Waals surface area (Å²) in [6, 6.07) is 77.4. The molecular formula is C64H52O. The number of ether oxygens (including phenoxy) is 1. The van der Waals surface area contributed by atoms with Gasteiger partial charge in [-0.3, -0.25) is 0 Å². The minimum Gasteiger partial charge on any atom is -0.457 e. The molecule has 0 N–H and O–H groups in total. The second-order valence-electron chi connectivity index (χ2n) is 20.4. The van der Waals surface area contributed by atoms with Crippen LogP contribution in [0.25, 0.3) is 44.5 Å². The van der Waals surface area contributed by atoms with Gasteiger partial charge < -0.3 is 4.74 Å². The third kappa shape index (κ3) is 5.64. The van der Waals surface area contributed by atoms with Gasteiger partial charge in [0.25, 0.3) is 0 Å². The fraction of sp³-hybridized carbons (Fsp3) is 0.156. The smallest absolute Gasteiger partial charge is 0.132 e. The summed E-state index contributed by atoms with van der Waals surface area (Å²) in [4.78, 5) is 0. The second kappa shape index (κ2) is 14.1. The van der Waals surface area contributed by atoms with Crippen molar-refractivity contribution in [2.45, 2.75) is 63.2 Å². The van der Waals surface area contributed by atoms with Crippen molar-refractivity contribution in [1.29, 1.82) is 0 Å². The summed E-state index contributed by atoms with van der Waals surface area (Å²) in [7, 11) is 0. The fourth-order valence-electron chi connectivity index (χ4n) is 11.6. The Morgan fingerprint density at radius 1 is 0.292 bits per heavy atom. The maximum atomic E-state index is 6.83. The van der Waals surface area contributed by atoms with Crippen LogP contribution >= 0.6 is 0 Å². The van der Waals surface area contributed by atoms with Crippen molar-refractivity contribution < 1.29 is 4.74 Å². The van der Waals surface area contributed by atoms with Gasteiger partial charge in [0.15, 0.2) is 0 Å². The second-order valence-corrected chi connectivity index (χ2v) is 20.4. The SMILES string of the molecule is CC(C)(C)c1ccc2c(c1)C1(c3ccccc3-c3ccc(-c4ccccc4-c4ccc5c(c4)C(c4ccccc4)(c4ccccc4)c4ccccc4O5)cc31)c1cc(C(C)(C)C)ccc1-2. The van der Waals surface area contributed by atoms with Gasteiger partial charge in [-0.25, -0.2) is 0 Å². The molecule has 9 aromatic carbocycles. The molecule has 9 aromatic rings. The van der Waals surface area contributed by atoms with E-state index in [0.29, 0.717) is 0 Å². The first kappa shape index (κ1) is 39.4. The van der Waals surface area contributed by atoms with E-state index >= 15 is 0 Å². The zero-order chi connectivity index (χ0) is 44.3. The van der Waals surface area contributed by atoms with Crippen molar-refractivity contribution >= 4 is 0 Å². The van der Waals surface area contributed by atoms with Gasteiger partial charge >= 0.3 is 0 Å². The van der Waals surface area contributed by atoms with Crippen molar-refractivity contribution in [1.82, 2.24) is 0 Å². The molecule has 0 amide bonds. The van der Waals surface area contributed by atoms with Crippen LogP contribution in [0.3, 0.4) is 0 Å². The summed E-state index contributed by atoms with van der Waals surface area (Å²) >= 11 is 0. The highest BCUT2D eigenvalue weighted by Crippen LogP contribution is 2.64. The van der Waals surface area contributed by atoms with E-state index in [0.717, 1.165) is 28.2 Å². The summed E-state index contributed by atoms with van der Waals surface area (Å²) in [6.07, 6.45) is 0. The van der Waals surface area contributed by atoms with Crippen molar-refractivity contribution in [3.63, 3.8) is 0 Å². The van der Waals surface area contributed by atoms with E-state index in [1.54, 1.807) is 0 Å². The predicted molar refractivity (Wildman–Crippen MR) is 269 cm³/mol. The van der Waals surface area contributed by atoms with Gasteiger partial charge in [-0.1, -0.05) is 224 Å².